The average molecular weight is 302 g/mol. The summed E-state index contributed by atoms with van der Waals surface area (Å²) in [6.07, 6.45) is 2.25. The van der Waals surface area contributed by atoms with Crippen LogP contribution in [0, 0.1) is 12.7 Å². The number of hydrogen-bond donors (Lipinski definition) is 3. The van der Waals surface area contributed by atoms with E-state index in [1.54, 1.807) is 0 Å². The van der Waals surface area contributed by atoms with Gasteiger partial charge in [0.25, 0.3) is 0 Å². The number of rotatable bonds is 3. The highest BCUT2D eigenvalue weighted by Crippen LogP contribution is 2.23. The predicted molar refractivity (Wildman–Crippen MR) is 74.1 cm³/mol. The Morgan fingerprint density at radius 3 is 2.60 bits per heavy atom. The maximum Gasteiger partial charge on any atom is 0.240 e. The number of halogens is 1. The smallest absolute Gasteiger partial charge is 0.240 e. The second-order valence-corrected chi connectivity index (χ2v) is 6.94. The fourth-order valence-corrected chi connectivity index (χ4v) is 3.86. The molecule has 1 saturated carbocycles. The van der Waals surface area contributed by atoms with E-state index in [-0.39, 0.29) is 16.1 Å². The number of nitrogens with one attached hydrogen (secondary N) is 1. The monoisotopic (exact) mass is 302 g/mol. The van der Waals surface area contributed by atoms with Crippen LogP contribution < -0.4 is 10.5 Å². The number of hydrogen-bond acceptors (Lipinski definition) is 4. The first kappa shape index (κ1) is 15.2. The third-order valence-corrected chi connectivity index (χ3v) is 5.07. The molecule has 1 aliphatic rings. The van der Waals surface area contributed by atoms with Crippen molar-refractivity contribution in [3.63, 3.8) is 0 Å². The van der Waals surface area contributed by atoms with Crippen LogP contribution in [0.5, 0.6) is 0 Å². The Morgan fingerprint density at radius 2 is 2.00 bits per heavy atom. The molecule has 0 aliphatic heterocycles. The molecule has 0 bridgehead atoms. The van der Waals surface area contributed by atoms with Crippen molar-refractivity contribution in [3.05, 3.63) is 23.5 Å². The maximum absolute atomic E-state index is 13.4. The lowest BCUT2D eigenvalue weighted by Crippen LogP contribution is -2.44. The topological polar surface area (TPSA) is 92.4 Å². The van der Waals surface area contributed by atoms with Gasteiger partial charge in [-0.15, -0.1) is 0 Å². The molecule has 0 aromatic heterocycles. The van der Waals surface area contributed by atoms with Gasteiger partial charge in [-0.3, -0.25) is 0 Å². The number of benzene rings is 1. The normalized spacial score (nSPS) is 23.8. The van der Waals surface area contributed by atoms with Gasteiger partial charge >= 0.3 is 0 Å². The van der Waals surface area contributed by atoms with Gasteiger partial charge in [0.1, 0.15) is 5.82 Å². The molecule has 0 unspecified atom stereocenters. The lowest BCUT2D eigenvalue weighted by atomic mass is 9.93. The highest BCUT2D eigenvalue weighted by molar-refractivity contribution is 7.89. The van der Waals surface area contributed by atoms with Crippen molar-refractivity contribution in [2.24, 2.45) is 0 Å². The van der Waals surface area contributed by atoms with Crippen LogP contribution in [0.1, 0.15) is 31.2 Å². The van der Waals surface area contributed by atoms with Crippen LogP contribution in [0.3, 0.4) is 0 Å². The molecule has 7 heteroatoms. The summed E-state index contributed by atoms with van der Waals surface area (Å²) in [4.78, 5) is -0.0772. The number of nitrogens with two attached hydrogens (primary N) is 1. The van der Waals surface area contributed by atoms with E-state index in [4.69, 9.17) is 5.73 Å². The molecule has 20 heavy (non-hydrogen) atoms. The largest absolute Gasteiger partial charge is 0.396 e. The SMILES string of the molecule is Cc1cc(S(=O)(=O)N[C@H]2CCCC[C@@H]2O)cc(N)c1F. The molecule has 112 valence electrons. The highest BCUT2D eigenvalue weighted by Gasteiger charge is 2.28. The minimum absolute atomic E-state index is 0.0772. The van der Waals surface area contributed by atoms with Gasteiger partial charge in [-0.1, -0.05) is 12.8 Å². The van der Waals surface area contributed by atoms with Gasteiger partial charge in [0, 0.05) is 6.04 Å². The lowest BCUT2D eigenvalue weighted by Gasteiger charge is -2.28. The van der Waals surface area contributed by atoms with Crippen molar-refractivity contribution in [2.45, 2.75) is 49.6 Å². The van der Waals surface area contributed by atoms with Crippen LogP contribution in [-0.4, -0.2) is 25.7 Å². The highest BCUT2D eigenvalue weighted by atomic mass is 32.2. The van der Waals surface area contributed by atoms with E-state index in [0.29, 0.717) is 12.8 Å². The summed E-state index contributed by atoms with van der Waals surface area (Å²) in [5.74, 6) is -0.610. The van der Waals surface area contributed by atoms with Crippen LogP contribution in [0.25, 0.3) is 0 Å². The Bertz CT molecular complexity index is 581. The Morgan fingerprint density at radius 1 is 1.35 bits per heavy atom. The molecule has 2 atom stereocenters. The van der Waals surface area contributed by atoms with Gasteiger partial charge in [0.2, 0.25) is 10.0 Å². The minimum Gasteiger partial charge on any atom is -0.396 e. The molecular weight excluding hydrogens is 283 g/mol. The van der Waals surface area contributed by atoms with Crippen molar-refractivity contribution in [2.75, 3.05) is 5.73 Å². The van der Waals surface area contributed by atoms with Gasteiger partial charge < -0.3 is 10.8 Å². The van der Waals surface area contributed by atoms with E-state index in [2.05, 4.69) is 4.72 Å². The summed E-state index contributed by atoms with van der Waals surface area (Å²) in [5.41, 5.74) is 5.44. The van der Waals surface area contributed by atoms with E-state index in [9.17, 15) is 17.9 Å². The number of aryl methyl sites for hydroxylation is 1. The first-order chi connectivity index (χ1) is 9.31. The first-order valence-corrected chi connectivity index (χ1v) is 8.05. The van der Waals surface area contributed by atoms with E-state index in [1.807, 2.05) is 0 Å². The van der Waals surface area contributed by atoms with Crippen molar-refractivity contribution in [1.29, 1.82) is 0 Å². The fraction of sp³-hybridized carbons (Fsp3) is 0.538. The van der Waals surface area contributed by atoms with E-state index in [1.165, 1.54) is 13.0 Å². The van der Waals surface area contributed by atoms with Gasteiger partial charge in [0.05, 0.1) is 16.7 Å². The first-order valence-electron chi connectivity index (χ1n) is 6.57. The molecule has 0 heterocycles. The molecule has 4 N–H and O–H groups in total. The number of nitrogen functional groups attached to an aromatic ring is 1. The molecule has 0 saturated heterocycles. The van der Waals surface area contributed by atoms with E-state index >= 15 is 0 Å². The van der Waals surface area contributed by atoms with Gasteiger partial charge in [-0.2, -0.15) is 0 Å². The molecule has 0 amide bonds. The number of aliphatic hydroxyl groups is 1. The fourth-order valence-electron chi connectivity index (χ4n) is 2.43. The molecule has 1 aromatic rings. The Hall–Kier alpha value is -1.18. The predicted octanol–water partition coefficient (Wildman–Crippen LogP) is 1.30. The molecule has 0 radical (unpaired) electrons. The summed E-state index contributed by atoms with van der Waals surface area (Å²) in [7, 11) is -3.81. The summed E-state index contributed by atoms with van der Waals surface area (Å²) < 4.78 is 40.4. The standard InChI is InChI=1S/C13H19FN2O3S/c1-8-6-9(7-10(15)13(8)14)20(18,19)16-11-4-2-3-5-12(11)17/h6-7,11-12,16-17H,2-5,15H2,1H3/t11-,12-/m0/s1. The molecule has 1 fully saturated rings. The van der Waals surface area contributed by atoms with Crippen LogP contribution in [-0.2, 0) is 10.0 Å². The second-order valence-electron chi connectivity index (χ2n) is 5.22. The number of aliphatic hydroxyl groups excluding tert-OH is 1. The van der Waals surface area contributed by atoms with Gasteiger partial charge in [-0.25, -0.2) is 17.5 Å². The quantitative estimate of drug-likeness (QED) is 0.734. The molecule has 1 aliphatic carbocycles. The summed E-state index contributed by atoms with van der Waals surface area (Å²) in [5, 5.41) is 9.82. The lowest BCUT2D eigenvalue weighted by molar-refractivity contribution is 0.101. The van der Waals surface area contributed by atoms with Gasteiger partial charge in [-0.05, 0) is 37.5 Å². The third kappa shape index (κ3) is 3.11. The van der Waals surface area contributed by atoms with Gasteiger partial charge in [0.15, 0.2) is 0 Å². The van der Waals surface area contributed by atoms with E-state index < -0.39 is 28.0 Å². The summed E-state index contributed by atoms with van der Waals surface area (Å²) >= 11 is 0. The van der Waals surface area contributed by atoms with Crippen LogP contribution in [0.4, 0.5) is 10.1 Å². The van der Waals surface area contributed by atoms with Crippen molar-refractivity contribution >= 4 is 15.7 Å². The van der Waals surface area contributed by atoms with Crippen molar-refractivity contribution in [1.82, 2.24) is 4.72 Å². The zero-order chi connectivity index (χ0) is 14.9. The Balaban J connectivity index is 2.26. The van der Waals surface area contributed by atoms with Crippen molar-refractivity contribution < 1.29 is 17.9 Å². The number of anilines is 1. The van der Waals surface area contributed by atoms with Crippen LogP contribution in [0.2, 0.25) is 0 Å². The van der Waals surface area contributed by atoms with Crippen molar-refractivity contribution in [3.8, 4) is 0 Å². The molecular formula is C13H19FN2O3S. The van der Waals surface area contributed by atoms with Crippen LogP contribution >= 0.6 is 0 Å². The van der Waals surface area contributed by atoms with E-state index in [0.717, 1.165) is 18.9 Å². The summed E-state index contributed by atoms with van der Waals surface area (Å²) in [6.45, 7) is 1.46. The molecule has 2 rings (SSSR count). The zero-order valence-corrected chi connectivity index (χ0v) is 12.1. The summed E-state index contributed by atoms with van der Waals surface area (Å²) in [6, 6.07) is 1.84. The molecule has 1 aromatic carbocycles. The number of sulfonamides is 1. The average Bonchev–Trinajstić information content (AvgIpc) is 2.38. The molecule has 0 spiro atoms. The Kier molecular flexibility index (Phi) is 4.31. The Labute approximate surface area is 118 Å². The third-order valence-electron chi connectivity index (χ3n) is 3.60. The second kappa shape index (κ2) is 5.67. The molecule has 5 nitrogen and oxygen atoms in total. The van der Waals surface area contributed by atoms with Crippen LogP contribution in [0.15, 0.2) is 17.0 Å². The maximum atomic E-state index is 13.4. The minimum atomic E-state index is -3.81. The zero-order valence-electron chi connectivity index (χ0n) is 11.3.